The molecule has 0 spiro atoms. The van der Waals surface area contributed by atoms with Crippen molar-refractivity contribution in [2.24, 2.45) is 0 Å². The third-order valence-corrected chi connectivity index (χ3v) is 2.44. The van der Waals surface area contributed by atoms with Crippen LogP contribution in [-0.2, 0) is 0 Å². The van der Waals surface area contributed by atoms with Crippen LogP contribution in [0.5, 0.6) is 11.5 Å². The van der Waals surface area contributed by atoms with Gasteiger partial charge in [-0.05, 0) is 12.1 Å². The number of aromatic nitrogens is 2. The number of nitrogens with zero attached hydrogens (tertiary/aromatic N) is 2. The van der Waals surface area contributed by atoms with Gasteiger partial charge in [-0.1, -0.05) is 17.4 Å². The highest BCUT2D eigenvalue weighted by molar-refractivity contribution is 7.18. The number of hydrogen-bond acceptors (Lipinski definition) is 6. The lowest BCUT2D eigenvalue weighted by molar-refractivity contribution is 0.454. The van der Waals surface area contributed by atoms with Crippen LogP contribution in [0.1, 0.15) is 0 Å². The van der Waals surface area contributed by atoms with E-state index in [2.05, 4.69) is 10.2 Å². The van der Waals surface area contributed by atoms with Crippen LogP contribution >= 0.6 is 11.3 Å². The lowest BCUT2D eigenvalue weighted by atomic mass is 10.2. The van der Waals surface area contributed by atoms with Crippen molar-refractivity contribution in [1.29, 1.82) is 0 Å². The fourth-order valence-corrected chi connectivity index (χ4v) is 1.76. The average molecular weight is 209 g/mol. The van der Waals surface area contributed by atoms with Crippen molar-refractivity contribution in [3.05, 3.63) is 18.2 Å². The Bertz CT molecular complexity index is 449. The largest absolute Gasteiger partial charge is 0.507 e. The molecule has 0 unspecified atom stereocenters. The van der Waals surface area contributed by atoms with Crippen LogP contribution < -0.4 is 5.73 Å². The lowest BCUT2D eigenvalue weighted by Crippen LogP contribution is -1.81. The Hall–Kier alpha value is -1.82. The van der Waals surface area contributed by atoms with Gasteiger partial charge in [0.2, 0.25) is 5.13 Å². The highest BCUT2D eigenvalue weighted by Gasteiger charge is 2.13. The molecule has 2 aromatic rings. The fraction of sp³-hybridized carbons (Fsp3) is 0. The molecule has 5 nitrogen and oxygen atoms in total. The SMILES string of the molecule is Nc1nnc(-c2c(O)cccc2O)s1. The molecule has 0 bridgehead atoms. The summed E-state index contributed by atoms with van der Waals surface area (Å²) in [6.07, 6.45) is 0. The maximum Gasteiger partial charge on any atom is 0.203 e. The summed E-state index contributed by atoms with van der Waals surface area (Å²) in [5, 5.41) is 27.0. The van der Waals surface area contributed by atoms with Crippen LogP contribution in [0, 0.1) is 0 Å². The number of phenolic OH excluding ortho intramolecular Hbond substituents is 2. The van der Waals surface area contributed by atoms with E-state index in [1.54, 1.807) is 6.07 Å². The van der Waals surface area contributed by atoms with Crippen molar-refractivity contribution in [2.45, 2.75) is 0 Å². The summed E-state index contributed by atoms with van der Waals surface area (Å²) in [6, 6.07) is 4.47. The van der Waals surface area contributed by atoms with E-state index in [-0.39, 0.29) is 17.1 Å². The number of phenols is 2. The molecule has 1 heterocycles. The summed E-state index contributed by atoms with van der Waals surface area (Å²) in [4.78, 5) is 0. The van der Waals surface area contributed by atoms with E-state index >= 15 is 0 Å². The molecule has 4 N–H and O–H groups in total. The van der Waals surface area contributed by atoms with Gasteiger partial charge in [0, 0.05) is 0 Å². The van der Waals surface area contributed by atoms with Gasteiger partial charge >= 0.3 is 0 Å². The molecule has 6 heteroatoms. The van der Waals surface area contributed by atoms with E-state index in [1.165, 1.54) is 12.1 Å². The first-order chi connectivity index (χ1) is 6.68. The number of anilines is 1. The molecule has 0 amide bonds. The number of benzene rings is 1. The number of nitrogens with two attached hydrogens (primary N) is 1. The fourth-order valence-electron chi connectivity index (χ4n) is 1.08. The minimum Gasteiger partial charge on any atom is -0.507 e. The maximum absolute atomic E-state index is 9.49. The Morgan fingerprint density at radius 3 is 2.29 bits per heavy atom. The first-order valence-corrected chi connectivity index (χ1v) is 4.60. The van der Waals surface area contributed by atoms with Crippen molar-refractivity contribution in [3.63, 3.8) is 0 Å². The highest BCUT2D eigenvalue weighted by Crippen LogP contribution is 2.38. The van der Waals surface area contributed by atoms with E-state index in [1.807, 2.05) is 0 Å². The molecular weight excluding hydrogens is 202 g/mol. The topological polar surface area (TPSA) is 92.3 Å². The molecule has 1 aromatic heterocycles. The molecule has 0 aliphatic rings. The zero-order valence-electron chi connectivity index (χ0n) is 7.01. The van der Waals surface area contributed by atoms with Crippen LogP contribution in [0.2, 0.25) is 0 Å². The molecule has 72 valence electrons. The number of rotatable bonds is 1. The first-order valence-electron chi connectivity index (χ1n) is 3.79. The minimum atomic E-state index is -0.0406. The Morgan fingerprint density at radius 1 is 1.14 bits per heavy atom. The Kier molecular flexibility index (Phi) is 1.97. The zero-order valence-corrected chi connectivity index (χ0v) is 7.82. The van der Waals surface area contributed by atoms with Gasteiger partial charge in [-0.25, -0.2) is 0 Å². The van der Waals surface area contributed by atoms with Gasteiger partial charge < -0.3 is 15.9 Å². The molecule has 14 heavy (non-hydrogen) atoms. The standard InChI is InChI=1S/C8H7N3O2S/c9-8-11-10-7(14-8)6-4(12)2-1-3-5(6)13/h1-3,12-13H,(H2,9,11). The summed E-state index contributed by atoms with van der Waals surface area (Å²) in [5.41, 5.74) is 5.66. The second-order valence-electron chi connectivity index (χ2n) is 2.62. The van der Waals surface area contributed by atoms with Gasteiger partial charge in [0.1, 0.15) is 11.5 Å². The molecule has 0 radical (unpaired) electrons. The van der Waals surface area contributed by atoms with Gasteiger partial charge in [0.25, 0.3) is 0 Å². The molecule has 0 atom stereocenters. The molecule has 0 aliphatic heterocycles. The predicted molar refractivity (Wildman–Crippen MR) is 53.1 cm³/mol. The number of hydrogen-bond donors (Lipinski definition) is 3. The number of aromatic hydroxyl groups is 2. The molecule has 0 fully saturated rings. The minimum absolute atomic E-state index is 0.0406. The Balaban J connectivity index is 2.61. The van der Waals surface area contributed by atoms with Crippen LogP contribution in [0.25, 0.3) is 10.6 Å². The third-order valence-electron chi connectivity index (χ3n) is 1.67. The summed E-state index contributed by atoms with van der Waals surface area (Å²) in [5.74, 6) is -0.0812. The highest BCUT2D eigenvalue weighted by atomic mass is 32.1. The summed E-state index contributed by atoms with van der Waals surface area (Å²) in [6.45, 7) is 0. The van der Waals surface area contributed by atoms with Gasteiger partial charge in [-0.2, -0.15) is 0 Å². The normalized spacial score (nSPS) is 10.3. The maximum atomic E-state index is 9.49. The monoisotopic (exact) mass is 209 g/mol. The van der Waals surface area contributed by atoms with Crippen molar-refractivity contribution in [1.82, 2.24) is 10.2 Å². The van der Waals surface area contributed by atoms with Crippen LogP contribution in [0.15, 0.2) is 18.2 Å². The second-order valence-corrected chi connectivity index (χ2v) is 3.63. The predicted octanol–water partition coefficient (Wildman–Crippen LogP) is 1.20. The third kappa shape index (κ3) is 1.35. The van der Waals surface area contributed by atoms with Crippen molar-refractivity contribution in [2.75, 3.05) is 5.73 Å². The summed E-state index contributed by atoms with van der Waals surface area (Å²) < 4.78 is 0. The molecule has 0 aliphatic carbocycles. The zero-order chi connectivity index (χ0) is 10.1. The van der Waals surface area contributed by atoms with Gasteiger partial charge in [-0.15, -0.1) is 10.2 Å². The molecule has 1 aromatic carbocycles. The molecule has 0 saturated heterocycles. The van der Waals surface area contributed by atoms with Gasteiger partial charge in [0.15, 0.2) is 5.01 Å². The second kappa shape index (κ2) is 3.15. The van der Waals surface area contributed by atoms with Crippen molar-refractivity contribution >= 4 is 16.5 Å². The number of nitrogen functional groups attached to an aromatic ring is 1. The van der Waals surface area contributed by atoms with Crippen LogP contribution in [-0.4, -0.2) is 20.4 Å². The lowest BCUT2D eigenvalue weighted by Gasteiger charge is -2.01. The quantitative estimate of drug-likeness (QED) is 0.656. The van der Waals surface area contributed by atoms with E-state index in [0.717, 1.165) is 11.3 Å². The summed E-state index contributed by atoms with van der Waals surface area (Å²) in [7, 11) is 0. The van der Waals surface area contributed by atoms with Gasteiger partial charge in [-0.3, -0.25) is 0 Å². The van der Waals surface area contributed by atoms with E-state index in [9.17, 15) is 10.2 Å². The van der Waals surface area contributed by atoms with E-state index in [4.69, 9.17) is 5.73 Å². The van der Waals surface area contributed by atoms with Gasteiger partial charge in [0.05, 0.1) is 5.56 Å². The Labute approximate surface area is 83.5 Å². The average Bonchev–Trinajstić information content (AvgIpc) is 2.51. The van der Waals surface area contributed by atoms with Crippen molar-refractivity contribution < 1.29 is 10.2 Å². The molecule has 2 rings (SSSR count). The molecule has 0 saturated carbocycles. The smallest absolute Gasteiger partial charge is 0.203 e. The van der Waals surface area contributed by atoms with Crippen LogP contribution in [0.3, 0.4) is 0 Å². The van der Waals surface area contributed by atoms with E-state index < -0.39 is 0 Å². The van der Waals surface area contributed by atoms with Crippen LogP contribution in [0.4, 0.5) is 5.13 Å². The van der Waals surface area contributed by atoms with Crippen molar-refractivity contribution in [3.8, 4) is 22.1 Å². The van der Waals surface area contributed by atoms with E-state index in [0.29, 0.717) is 10.1 Å². The summed E-state index contributed by atoms with van der Waals surface area (Å²) >= 11 is 1.10. The Morgan fingerprint density at radius 2 is 1.79 bits per heavy atom. The first kappa shape index (κ1) is 8.76. The molecular formula is C8H7N3O2S.